The maximum atomic E-state index is 13.1. The van der Waals surface area contributed by atoms with Crippen LogP contribution in [0.25, 0.3) is 0 Å². The molecular formula is C9H6F4O2. The fourth-order valence-corrected chi connectivity index (χ4v) is 0.976. The zero-order chi connectivity index (χ0) is 11.6. The second kappa shape index (κ2) is 3.88. The smallest absolute Gasteiger partial charge is 0.381 e. The quantitative estimate of drug-likeness (QED) is 0.566. The van der Waals surface area contributed by atoms with Gasteiger partial charge in [0.15, 0.2) is 0 Å². The molecule has 15 heavy (non-hydrogen) atoms. The van der Waals surface area contributed by atoms with E-state index >= 15 is 0 Å². The number of esters is 1. The van der Waals surface area contributed by atoms with Crippen LogP contribution in [0, 0.1) is 11.6 Å². The number of rotatable bonds is 2. The van der Waals surface area contributed by atoms with Gasteiger partial charge < -0.3 is 4.74 Å². The Bertz CT molecular complexity index is 390. The van der Waals surface area contributed by atoms with Crippen molar-refractivity contribution in [3.8, 4) is 0 Å². The summed E-state index contributed by atoms with van der Waals surface area (Å²) in [5, 5.41) is 0. The molecule has 0 atom stereocenters. The van der Waals surface area contributed by atoms with Crippen LogP contribution in [0.15, 0.2) is 18.2 Å². The van der Waals surface area contributed by atoms with Crippen molar-refractivity contribution in [2.24, 2.45) is 0 Å². The SMILES string of the molecule is COC(=O)C(F)(F)c1cc(F)ccc1F. The number of methoxy groups -OCH3 is 1. The predicted octanol–water partition coefficient (Wildman–Crippen LogP) is 2.23. The Morgan fingerprint density at radius 3 is 2.47 bits per heavy atom. The van der Waals surface area contributed by atoms with E-state index in [1.807, 2.05) is 0 Å². The molecule has 1 aromatic carbocycles. The van der Waals surface area contributed by atoms with E-state index < -0.39 is 29.1 Å². The average Bonchev–Trinajstić information content (AvgIpc) is 2.20. The van der Waals surface area contributed by atoms with Crippen LogP contribution >= 0.6 is 0 Å². The number of carbonyl (C=O) groups excluding carboxylic acids is 1. The molecule has 6 heteroatoms. The molecule has 1 rings (SSSR count). The molecule has 0 aliphatic heterocycles. The van der Waals surface area contributed by atoms with Gasteiger partial charge in [0.25, 0.3) is 0 Å². The normalized spacial score (nSPS) is 11.3. The summed E-state index contributed by atoms with van der Waals surface area (Å²) in [6, 6.07) is 1.44. The third kappa shape index (κ3) is 2.08. The van der Waals surface area contributed by atoms with E-state index in [4.69, 9.17) is 0 Å². The van der Waals surface area contributed by atoms with Crippen molar-refractivity contribution in [1.29, 1.82) is 0 Å². The summed E-state index contributed by atoms with van der Waals surface area (Å²) in [5.74, 6) is -8.56. The van der Waals surface area contributed by atoms with Gasteiger partial charge in [-0.1, -0.05) is 0 Å². The molecule has 2 nitrogen and oxygen atoms in total. The van der Waals surface area contributed by atoms with Crippen molar-refractivity contribution in [3.05, 3.63) is 35.4 Å². The lowest BCUT2D eigenvalue weighted by Gasteiger charge is -2.14. The minimum absolute atomic E-state index is 0.256. The number of hydrogen-bond acceptors (Lipinski definition) is 2. The lowest BCUT2D eigenvalue weighted by molar-refractivity contribution is -0.170. The van der Waals surface area contributed by atoms with E-state index in [1.54, 1.807) is 0 Å². The lowest BCUT2D eigenvalue weighted by atomic mass is 10.1. The number of hydrogen-bond donors (Lipinski definition) is 0. The number of benzene rings is 1. The monoisotopic (exact) mass is 222 g/mol. The van der Waals surface area contributed by atoms with Crippen LogP contribution in [0.5, 0.6) is 0 Å². The third-order valence-electron chi connectivity index (χ3n) is 1.71. The number of ether oxygens (including phenoxy) is 1. The molecule has 0 saturated carbocycles. The molecule has 82 valence electrons. The first-order valence-corrected chi connectivity index (χ1v) is 3.81. The topological polar surface area (TPSA) is 26.3 Å². The zero-order valence-electron chi connectivity index (χ0n) is 7.56. The number of halogens is 4. The maximum Gasteiger partial charge on any atom is 0.381 e. The van der Waals surface area contributed by atoms with Crippen LogP contribution < -0.4 is 0 Å². The zero-order valence-corrected chi connectivity index (χ0v) is 7.56. The fraction of sp³-hybridized carbons (Fsp3) is 0.222. The van der Waals surface area contributed by atoms with Gasteiger partial charge in [-0.3, -0.25) is 0 Å². The molecule has 0 radical (unpaired) electrons. The summed E-state index contributed by atoms with van der Waals surface area (Å²) in [6.45, 7) is 0. The summed E-state index contributed by atoms with van der Waals surface area (Å²) in [7, 11) is 0.730. The molecule has 0 aliphatic rings. The second-order valence-electron chi connectivity index (χ2n) is 2.69. The van der Waals surface area contributed by atoms with Gasteiger partial charge in [-0.05, 0) is 18.2 Å². The van der Waals surface area contributed by atoms with Crippen LogP contribution in [-0.2, 0) is 15.5 Å². The van der Waals surface area contributed by atoms with E-state index in [2.05, 4.69) is 4.74 Å². The van der Waals surface area contributed by atoms with Crippen LogP contribution in [0.2, 0.25) is 0 Å². The van der Waals surface area contributed by atoms with Crippen LogP contribution in [0.1, 0.15) is 5.56 Å². The highest BCUT2D eigenvalue weighted by Crippen LogP contribution is 2.31. The van der Waals surface area contributed by atoms with E-state index in [-0.39, 0.29) is 6.07 Å². The highest BCUT2D eigenvalue weighted by atomic mass is 19.3. The van der Waals surface area contributed by atoms with E-state index in [0.717, 1.165) is 7.11 Å². The maximum absolute atomic E-state index is 13.1. The molecule has 0 amide bonds. The van der Waals surface area contributed by atoms with Crippen LogP contribution in [0.3, 0.4) is 0 Å². The molecule has 0 heterocycles. The summed E-state index contributed by atoms with van der Waals surface area (Å²) in [5.41, 5.74) is -1.34. The van der Waals surface area contributed by atoms with Gasteiger partial charge in [0.1, 0.15) is 11.6 Å². The Morgan fingerprint density at radius 2 is 1.93 bits per heavy atom. The predicted molar refractivity (Wildman–Crippen MR) is 42.3 cm³/mol. The van der Waals surface area contributed by atoms with Crippen LogP contribution in [0.4, 0.5) is 17.6 Å². The Hall–Kier alpha value is -1.59. The Morgan fingerprint density at radius 1 is 1.33 bits per heavy atom. The first-order chi connectivity index (χ1) is 6.89. The summed E-state index contributed by atoms with van der Waals surface area (Å²) in [6.07, 6.45) is 0. The molecule has 0 aromatic heterocycles. The van der Waals surface area contributed by atoms with E-state index in [9.17, 15) is 22.4 Å². The minimum atomic E-state index is -4.19. The minimum Gasteiger partial charge on any atom is -0.464 e. The van der Waals surface area contributed by atoms with Crippen molar-refractivity contribution in [1.82, 2.24) is 0 Å². The van der Waals surface area contributed by atoms with E-state index in [0.29, 0.717) is 12.1 Å². The van der Waals surface area contributed by atoms with Crippen molar-refractivity contribution in [2.45, 2.75) is 5.92 Å². The molecule has 0 unspecified atom stereocenters. The highest BCUT2D eigenvalue weighted by Gasteiger charge is 2.44. The average molecular weight is 222 g/mol. The molecule has 0 spiro atoms. The highest BCUT2D eigenvalue weighted by molar-refractivity contribution is 5.79. The Labute approximate surface area is 82.5 Å². The molecule has 1 aromatic rings. The van der Waals surface area contributed by atoms with Gasteiger partial charge in [-0.2, -0.15) is 8.78 Å². The number of carbonyl (C=O) groups is 1. The van der Waals surface area contributed by atoms with Crippen molar-refractivity contribution in [3.63, 3.8) is 0 Å². The van der Waals surface area contributed by atoms with Gasteiger partial charge in [0, 0.05) is 0 Å². The largest absolute Gasteiger partial charge is 0.464 e. The molecular weight excluding hydrogens is 216 g/mol. The fourth-order valence-electron chi connectivity index (χ4n) is 0.976. The Kier molecular flexibility index (Phi) is 2.97. The summed E-state index contributed by atoms with van der Waals surface area (Å²) < 4.78 is 55.5. The molecule has 0 bridgehead atoms. The third-order valence-corrected chi connectivity index (χ3v) is 1.71. The molecule has 0 aliphatic carbocycles. The lowest BCUT2D eigenvalue weighted by Crippen LogP contribution is -2.28. The van der Waals surface area contributed by atoms with E-state index in [1.165, 1.54) is 0 Å². The van der Waals surface area contributed by atoms with Crippen molar-refractivity contribution < 1.29 is 27.1 Å². The van der Waals surface area contributed by atoms with Crippen molar-refractivity contribution in [2.75, 3.05) is 7.11 Å². The summed E-state index contributed by atoms with van der Waals surface area (Å²) >= 11 is 0. The van der Waals surface area contributed by atoms with Gasteiger partial charge in [0.05, 0.1) is 12.7 Å². The van der Waals surface area contributed by atoms with Gasteiger partial charge in [-0.15, -0.1) is 0 Å². The second-order valence-corrected chi connectivity index (χ2v) is 2.69. The summed E-state index contributed by atoms with van der Waals surface area (Å²) in [4.78, 5) is 10.6. The number of alkyl halides is 2. The first kappa shape index (κ1) is 11.5. The molecule has 0 fully saturated rings. The van der Waals surface area contributed by atoms with Gasteiger partial charge >= 0.3 is 11.9 Å². The van der Waals surface area contributed by atoms with Gasteiger partial charge in [0.2, 0.25) is 0 Å². The standard InChI is InChI=1S/C9H6F4O2/c1-15-8(14)9(12,13)6-4-5(10)2-3-7(6)11/h2-4H,1H3. The Balaban J connectivity index is 3.25. The first-order valence-electron chi connectivity index (χ1n) is 3.81. The molecule has 0 saturated heterocycles. The van der Waals surface area contributed by atoms with Gasteiger partial charge in [-0.25, -0.2) is 13.6 Å². The molecule has 0 N–H and O–H groups in total. The van der Waals surface area contributed by atoms with Crippen LogP contribution in [-0.4, -0.2) is 13.1 Å². The van der Waals surface area contributed by atoms with Crippen molar-refractivity contribution >= 4 is 5.97 Å².